The van der Waals surface area contributed by atoms with Crippen LogP contribution >= 0.6 is 15.9 Å². The molecular weight excluding hydrogens is 236 g/mol. The van der Waals surface area contributed by atoms with E-state index in [-0.39, 0.29) is 6.42 Å². The predicted molar refractivity (Wildman–Crippen MR) is 52.3 cm³/mol. The first-order valence-corrected chi connectivity index (χ1v) is 4.60. The Labute approximate surface area is 84.5 Å². The SMILES string of the molecule is Cn1c(CC(=O)O)cc(CN)c1Br. The summed E-state index contributed by atoms with van der Waals surface area (Å²) in [6.07, 6.45) is 0.0229. The molecule has 0 spiro atoms. The minimum Gasteiger partial charge on any atom is -0.481 e. The van der Waals surface area contributed by atoms with Gasteiger partial charge in [0, 0.05) is 19.3 Å². The van der Waals surface area contributed by atoms with Crippen LogP contribution in [-0.2, 0) is 24.8 Å². The molecule has 0 amide bonds. The van der Waals surface area contributed by atoms with Gasteiger partial charge in [-0.1, -0.05) is 0 Å². The molecule has 1 rings (SSSR count). The second kappa shape index (κ2) is 3.93. The van der Waals surface area contributed by atoms with Gasteiger partial charge in [-0.15, -0.1) is 0 Å². The van der Waals surface area contributed by atoms with Gasteiger partial charge < -0.3 is 15.4 Å². The zero-order chi connectivity index (χ0) is 10.0. The maximum absolute atomic E-state index is 10.5. The van der Waals surface area contributed by atoms with E-state index in [9.17, 15) is 4.79 Å². The summed E-state index contributed by atoms with van der Waals surface area (Å²) in [6, 6.07) is 1.80. The van der Waals surface area contributed by atoms with Gasteiger partial charge in [0.1, 0.15) is 0 Å². The molecule has 0 fully saturated rings. The lowest BCUT2D eigenvalue weighted by Gasteiger charge is -2.00. The van der Waals surface area contributed by atoms with Crippen molar-refractivity contribution < 1.29 is 9.90 Å². The number of carboxylic acids is 1. The first kappa shape index (κ1) is 10.3. The number of carboxylic acid groups (broad SMARTS) is 1. The van der Waals surface area contributed by atoms with Crippen molar-refractivity contribution in [3.63, 3.8) is 0 Å². The number of aliphatic carboxylic acids is 1. The van der Waals surface area contributed by atoms with Gasteiger partial charge in [-0.05, 0) is 27.6 Å². The highest BCUT2D eigenvalue weighted by atomic mass is 79.9. The van der Waals surface area contributed by atoms with Crippen molar-refractivity contribution in [2.75, 3.05) is 0 Å². The van der Waals surface area contributed by atoms with Crippen LogP contribution in [0.2, 0.25) is 0 Å². The van der Waals surface area contributed by atoms with Crippen LogP contribution in [0.1, 0.15) is 11.3 Å². The molecule has 0 aliphatic rings. The van der Waals surface area contributed by atoms with Crippen LogP contribution in [0.25, 0.3) is 0 Å². The molecule has 0 radical (unpaired) electrons. The Hall–Kier alpha value is -0.810. The summed E-state index contributed by atoms with van der Waals surface area (Å²) in [5.41, 5.74) is 7.15. The fraction of sp³-hybridized carbons (Fsp3) is 0.375. The van der Waals surface area contributed by atoms with Crippen LogP contribution in [0.5, 0.6) is 0 Å². The summed E-state index contributed by atoms with van der Waals surface area (Å²) in [7, 11) is 1.81. The summed E-state index contributed by atoms with van der Waals surface area (Å²) in [6.45, 7) is 0.411. The van der Waals surface area contributed by atoms with E-state index < -0.39 is 5.97 Å². The molecule has 0 saturated heterocycles. The maximum Gasteiger partial charge on any atom is 0.309 e. The zero-order valence-electron chi connectivity index (χ0n) is 7.25. The molecule has 0 bridgehead atoms. The standard InChI is InChI=1S/C8H11BrN2O2/c1-11-6(3-7(12)13)2-5(4-10)8(11)9/h2H,3-4,10H2,1H3,(H,12,13). The van der Waals surface area contributed by atoms with Crippen molar-refractivity contribution in [3.05, 3.63) is 21.9 Å². The van der Waals surface area contributed by atoms with Gasteiger partial charge in [0.15, 0.2) is 0 Å². The van der Waals surface area contributed by atoms with E-state index in [2.05, 4.69) is 15.9 Å². The number of carbonyl (C=O) groups is 1. The number of nitrogens with two attached hydrogens (primary N) is 1. The van der Waals surface area contributed by atoms with Crippen molar-refractivity contribution in [2.24, 2.45) is 12.8 Å². The number of hydrogen-bond donors (Lipinski definition) is 2. The second-order valence-electron chi connectivity index (χ2n) is 2.79. The van der Waals surface area contributed by atoms with Crippen LogP contribution in [-0.4, -0.2) is 15.6 Å². The van der Waals surface area contributed by atoms with E-state index in [0.29, 0.717) is 6.54 Å². The Kier molecular flexibility index (Phi) is 3.11. The second-order valence-corrected chi connectivity index (χ2v) is 3.54. The Morgan fingerprint density at radius 1 is 1.77 bits per heavy atom. The molecule has 0 atom stereocenters. The molecule has 0 unspecified atom stereocenters. The lowest BCUT2D eigenvalue weighted by molar-refractivity contribution is -0.136. The van der Waals surface area contributed by atoms with Crippen LogP contribution in [0.15, 0.2) is 10.7 Å². The van der Waals surface area contributed by atoms with Crippen molar-refractivity contribution in [1.29, 1.82) is 0 Å². The van der Waals surface area contributed by atoms with Crippen LogP contribution in [0.4, 0.5) is 0 Å². The molecular formula is C8H11BrN2O2. The fourth-order valence-corrected chi connectivity index (χ4v) is 1.67. The number of hydrogen-bond acceptors (Lipinski definition) is 2. The molecule has 1 heterocycles. The predicted octanol–water partition coefficient (Wildman–Crippen LogP) is 0.873. The number of aromatic nitrogens is 1. The highest BCUT2D eigenvalue weighted by molar-refractivity contribution is 9.10. The highest BCUT2D eigenvalue weighted by Gasteiger charge is 2.11. The van der Waals surface area contributed by atoms with Gasteiger partial charge >= 0.3 is 5.97 Å². The van der Waals surface area contributed by atoms with Gasteiger partial charge in [0.2, 0.25) is 0 Å². The lowest BCUT2D eigenvalue weighted by atomic mass is 10.2. The van der Waals surface area contributed by atoms with Gasteiger partial charge in [-0.25, -0.2) is 0 Å². The molecule has 0 saturated carbocycles. The number of nitrogens with zero attached hydrogens (tertiary/aromatic N) is 1. The smallest absolute Gasteiger partial charge is 0.309 e. The van der Waals surface area contributed by atoms with Crippen LogP contribution in [0, 0.1) is 0 Å². The van der Waals surface area contributed by atoms with Crippen molar-refractivity contribution in [3.8, 4) is 0 Å². The third-order valence-electron chi connectivity index (χ3n) is 1.88. The zero-order valence-corrected chi connectivity index (χ0v) is 8.84. The fourth-order valence-electron chi connectivity index (χ4n) is 1.17. The molecule has 1 aromatic rings. The Morgan fingerprint density at radius 2 is 2.38 bits per heavy atom. The normalized spacial score (nSPS) is 10.4. The molecule has 0 aliphatic carbocycles. The number of halogens is 1. The highest BCUT2D eigenvalue weighted by Crippen LogP contribution is 2.20. The van der Waals surface area contributed by atoms with Crippen molar-refractivity contribution in [1.82, 2.24) is 4.57 Å². The molecule has 4 nitrogen and oxygen atoms in total. The Morgan fingerprint density at radius 3 is 2.77 bits per heavy atom. The van der Waals surface area contributed by atoms with Gasteiger partial charge in [-0.3, -0.25) is 4.79 Å². The monoisotopic (exact) mass is 246 g/mol. The Balaban J connectivity index is 3.02. The van der Waals surface area contributed by atoms with Crippen molar-refractivity contribution >= 4 is 21.9 Å². The molecule has 13 heavy (non-hydrogen) atoms. The minimum absolute atomic E-state index is 0.0229. The third kappa shape index (κ3) is 2.10. The van der Waals surface area contributed by atoms with E-state index in [1.807, 2.05) is 7.05 Å². The van der Waals surface area contributed by atoms with Gasteiger partial charge in [-0.2, -0.15) is 0 Å². The first-order valence-electron chi connectivity index (χ1n) is 3.81. The topological polar surface area (TPSA) is 68.2 Å². The summed E-state index contributed by atoms with van der Waals surface area (Å²) in [4.78, 5) is 10.5. The van der Waals surface area contributed by atoms with Gasteiger partial charge in [0.05, 0.1) is 11.0 Å². The number of rotatable bonds is 3. The lowest BCUT2D eigenvalue weighted by Crippen LogP contribution is -2.04. The molecule has 1 aromatic heterocycles. The minimum atomic E-state index is -0.836. The van der Waals surface area contributed by atoms with E-state index in [4.69, 9.17) is 10.8 Å². The van der Waals surface area contributed by atoms with Gasteiger partial charge in [0.25, 0.3) is 0 Å². The largest absolute Gasteiger partial charge is 0.481 e. The molecule has 72 valence electrons. The summed E-state index contributed by atoms with van der Waals surface area (Å²) >= 11 is 3.34. The summed E-state index contributed by atoms with van der Waals surface area (Å²) in [5, 5.41) is 8.60. The van der Waals surface area contributed by atoms with E-state index >= 15 is 0 Å². The van der Waals surface area contributed by atoms with E-state index in [0.717, 1.165) is 15.9 Å². The van der Waals surface area contributed by atoms with E-state index in [1.165, 1.54) is 0 Å². The van der Waals surface area contributed by atoms with Crippen molar-refractivity contribution in [2.45, 2.75) is 13.0 Å². The molecule has 3 N–H and O–H groups in total. The quantitative estimate of drug-likeness (QED) is 0.832. The first-order chi connectivity index (χ1) is 6.06. The summed E-state index contributed by atoms with van der Waals surface area (Å²) < 4.78 is 2.64. The average Bonchev–Trinajstić information content (AvgIpc) is 2.32. The average molecular weight is 247 g/mol. The van der Waals surface area contributed by atoms with Crippen LogP contribution in [0.3, 0.4) is 0 Å². The third-order valence-corrected chi connectivity index (χ3v) is 2.92. The molecule has 0 aromatic carbocycles. The van der Waals surface area contributed by atoms with E-state index in [1.54, 1.807) is 10.6 Å². The summed E-state index contributed by atoms with van der Waals surface area (Å²) in [5.74, 6) is -0.836. The van der Waals surface area contributed by atoms with Crippen LogP contribution < -0.4 is 5.73 Å². The molecule has 0 aliphatic heterocycles. The molecule has 5 heteroatoms. The maximum atomic E-state index is 10.5. The Bertz CT molecular complexity index is 333.